The highest BCUT2D eigenvalue weighted by atomic mass is 16.4. The van der Waals surface area contributed by atoms with Crippen LogP contribution in [0.15, 0.2) is 0 Å². The third kappa shape index (κ3) is 9.70. The smallest absolute Gasteiger partial charge is 0.323 e. The Morgan fingerprint density at radius 1 is 0.917 bits per heavy atom. The van der Waals surface area contributed by atoms with E-state index in [4.69, 9.17) is 5.11 Å². The summed E-state index contributed by atoms with van der Waals surface area (Å²) in [6.07, 6.45) is 0.301. The van der Waals surface area contributed by atoms with Crippen LogP contribution in [-0.4, -0.2) is 85.8 Å². The predicted molar refractivity (Wildman–Crippen MR) is 78.4 cm³/mol. The van der Waals surface area contributed by atoms with E-state index in [2.05, 4.69) is 21.3 Å². The van der Waals surface area contributed by atoms with Crippen LogP contribution in [0.5, 0.6) is 0 Å². The topological polar surface area (TPSA) is 174 Å². The number of aliphatic carboxylic acids is 1. The molecule has 5 amide bonds. The van der Waals surface area contributed by atoms with Gasteiger partial charge in [0.25, 0.3) is 0 Å². The van der Waals surface area contributed by atoms with Crippen LogP contribution in [-0.2, 0) is 28.8 Å². The van der Waals surface area contributed by atoms with E-state index < -0.39 is 49.2 Å². The Balaban J connectivity index is 4.52. The van der Waals surface area contributed by atoms with Gasteiger partial charge in [0, 0.05) is 7.05 Å². The lowest BCUT2D eigenvalue weighted by Crippen LogP contribution is -2.48. The number of carbonyl (C=O) groups excluding carboxylic acids is 5. The molecule has 0 aliphatic heterocycles. The first-order valence-electron chi connectivity index (χ1n) is 6.70. The number of rotatable bonds is 11. The van der Waals surface area contributed by atoms with Gasteiger partial charge in [0.15, 0.2) is 0 Å². The van der Waals surface area contributed by atoms with E-state index in [1.165, 1.54) is 7.05 Å². The molecule has 12 heteroatoms. The molecule has 134 valence electrons. The Kier molecular flexibility index (Phi) is 9.89. The fourth-order valence-electron chi connectivity index (χ4n) is 1.37. The minimum Gasteiger partial charge on any atom is -0.480 e. The van der Waals surface area contributed by atoms with Crippen molar-refractivity contribution in [2.75, 3.05) is 39.8 Å². The number of nitrogens with zero attached hydrogens (tertiary/aromatic N) is 1. The average Bonchev–Trinajstić information content (AvgIpc) is 2.54. The fraction of sp³-hybridized carbons (Fsp3) is 0.500. The molecular weight excluding hydrogens is 326 g/mol. The van der Waals surface area contributed by atoms with Crippen molar-refractivity contribution in [3.05, 3.63) is 0 Å². The van der Waals surface area contributed by atoms with Crippen LogP contribution in [0, 0.1) is 0 Å². The molecule has 0 spiro atoms. The monoisotopic (exact) mass is 345 g/mol. The van der Waals surface area contributed by atoms with E-state index >= 15 is 0 Å². The van der Waals surface area contributed by atoms with Gasteiger partial charge < -0.3 is 31.3 Å². The van der Waals surface area contributed by atoms with Crippen LogP contribution in [0.1, 0.15) is 0 Å². The van der Waals surface area contributed by atoms with E-state index in [0.29, 0.717) is 11.3 Å². The van der Waals surface area contributed by atoms with Crippen LogP contribution in [0.3, 0.4) is 0 Å². The summed E-state index contributed by atoms with van der Waals surface area (Å²) in [5, 5.41) is 17.5. The van der Waals surface area contributed by atoms with Crippen molar-refractivity contribution in [2.45, 2.75) is 0 Å². The molecule has 0 rings (SSSR count). The zero-order valence-corrected chi connectivity index (χ0v) is 13.0. The lowest BCUT2D eigenvalue weighted by atomic mass is 10.4. The zero-order valence-electron chi connectivity index (χ0n) is 13.0. The second-order valence-electron chi connectivity index (χ2n) is 4.37. The van der Waals surface area contributed by atoms with Gasteiger partial charge in [0.2, 0.25) is 30.0 Å². The summed E-state index contributed by atoms with van der Waals surface area (Å²) in [6.45, 7) is -2.56. The van der Waals surface area contributed by atoms with Gasteiger partial charge in [-0.25, -0.2) is 0 Å². The minimum absolute atomic E-state index is 0.301. The van der Waals surface area contributed by atoms with E-state index in [0.717, 1.165) is 0 Å². The van der Waals surface area contributed by atoms with Crippen LogP contribution in [0.4, 0.5) is 0 Å². The number of carboxylic acid groups (broad SMARTS) is 1. The number of carboxylic acids is 1. The first kappa shape index (κ1) is 20.8. The predicted octanol–water partition coefficient (Wildman–Crippen LogP) is -4.38. The number of hydrogen-bond donors (Lipinski definition) is 5. The lowest BCUT2D eigenvalue weighted by Gasteiger charge is -2.20. The third-order valence-electron chi connectivity index (χ3n) is 2.52. The van der Waals surface area contributed by atoms with Gasteiger partial charge in [-0.3, -0.25) is 28.8 Å². The molecule has 0 saturated carbocycles. The molecule has 24 heavy (non-hydrogen) atoms. The Hall–Kier alpha value is -3.18. The maximum absolute atomic E-state index is 11.9. The van der Waals surface area contributed by atoms with Gasteiger partial charge in [-0.05, 0) is 0 Å². The largest absolute Gasteiger partial charge is 0.480 e. The highest BCUT2D eigenvalue weighted by Gasteiger charge is 2.20. The molecular formula is C12H19N5O7. The van der Waals surface area contributed by atoms with E-state index in [9.17, 15) is 28.8 Å². The molecule has 0 bridgehead atoms. The fourth-order valence-corrected chi connectivity index (χ4v) is 1.37. The third-order valence-corrected chi connectivity index (χ3v) is 2.52. The van der Waals surface area contributed by atoms with Gasteiger partial charge >= 0.3 is 5.97 Å². The molecule has 0 fully saturated rings. The highest BCUT2D eigenvalue weighted by molar-refractivity contribution is 5.92. The molecule has 0 saturated heterocycles. The number of amides is 5. The molecule has 0 aliphatic rings. The standard InChI is InChI=1S/C12H19N5O7/c1-13-8(19)3-15-10(21)5-17(6-12(23)24)11(22)4-16-9(20)2-14-7-18/h7H,2-6H2,1H3,(H,13,19)(H,14,18)(H,15,21)(H,16,20)(H,23,24). The minimum atomic E-state index is -1.35. The van der Waals surface area contributed by atoms with Gasteiger partial charge in [-0.1, -0.05) is 0 Å². The quantitative estimate of drug-likeness (QED) is 0.235. The average molecular weight is 345 g/mol. The summed E-state index contributed by atoms with van der Waals surface area (Å²) in [5.74, 6) is -4.02. The molecule has 0 aromatic carbocycles. The number of likely N-dealkylation sites (N-methyl/N-ethyl adjacent to an activating group) is 1. The van der Waals surface area contributed by atoms with Crippen molar-refractivity contribution in [1.82, 2.24) is 26.2 Å². The summed E-state index contributed by atoms with van der Waals surface area (Å²) >= 11 is 0. The van der Waals surface area contributed by atoms with Crippen LogP contribution in [0.2, 0.25) is 0 Å². The second kappa shape index (κ2) is 11.4. The van der Waals surface area contributed by atoms with Gasteiger partial charge in [-0.2, -0.15) is 0 Å². The van der Waals surface area contributed by atoms with Gasteiger partial charge in [0.05, 0.1) is 19.6 Å². The van der Waals surface area contributed by atoms with Crippen molar-refractivity contribution >= 4 is 36.0 Å². The Morgan fingerprint density at radius 3 is 2.08 bits per heavy atom. The lowest BCUT2D eigenvalue weighted by molar-refractivity contribution is -0.145. The molecule has 0 aliphatic carbocycles. The van der Waals surface area contributed by atoms with Gasteiger partial charge in [0.1, 0.15) is 13.1 Å². The number of carbonyl (C=O) groups is 6. The normalized spacial score (nSPS) is 9.38. The van der Waals surface area contributed by atoms with Crippen molar-refractivity contribution < 1.29 is 33.9 Å². The second-order valence-corrected chi connectivity index (χ2v) is 4.37. The molecule has 0 aromatic heterocycles. The SMILES string of the molecule is CNC(=O)CNC(=O)CN(CC(=O)O)C(=O)CNC(=O)CNC=O. The summed E-state index contributed by atoms with van der Waals surface area (Å²) < 4.78 is 0. The van der Waals surface area contributed by atoms with E-state index in [-0.39, 0.29) is 13.1 Å². The van der Waals surface area contributed by atoms with Crippen molar-refractivity contribution in [3.63, 3.8) is 0 Å². The molecule has 0 atom stereocenters. The Bertz CT molecular complexity index is 508. The zero-order chi connectivity index (χ0) is 18.5. The first-order valence-corrected chi connectivity index (χ1v) is 6.70. The summed E-state index contributed by atoms with van der Waals surface area (Å²) in [6, 6.07) is 0. The number of nitrogens with one attached hydrogen (secondary N) is 4. The molecule has 5 N–H and O–H groups in total. The maximum atomic E-state index is 11.9. The van der Waals surface area contributed by atoms with Gasteiger partial charge in [-0.15, -0.1) is 0 Å². The summed E-state index contributed by atoms with van der Waals surface area (Å²) in [7, 11) is 1.37. The van der Waals surface area contributed by atoms with Crippen LogP contribution in [0.25, 0.3) is 0 Å². The molecule has 0 heterocycles. The molecule has 0 aromatic rings. The van der Waals surface area contributed by atoms with Crippen molar-refractivity contribution in [2.24, 2.45) is 0 Å². The van der Waals surface area contributed by atoms with Crippen molar-refractivity contribution in [3.8, 4) is 0 Å². The van der Waals surface area contributed by atoms with Crippen LogP contribution >= 0.6 is 0 Å². The molecule has 0 unspecified atom stereocenters. The van der Waals surface area contributed by atoms with Crippen molar-refractivity contribution in [1.29, 1.82) is 0 Å². The summed E-state index contributed by atoms with van der Waals surface area (Å²) in [5.41, 5.74) is 0. The van der Waals surface area contributed by atoms with Crippen LogP contribution < -0.4 is 21.3 Å². The first-order chi connectivity index (χ1) is 11.3. The van der Waals surface area contributed by atoms with E-state index in [1.54, 1.807) is 0 Å². The molecule has 12 nitrogen and oxygen atoms in total. The Labute approximate surface area is 136 Å². The molecule has 0 radical (unpaired) electrons. The number of hydrogen-bond acceptors (Lipinski definition) is 6. The summed E-state index contributed by atoms with van der Waals surface area (Å²) in [4.78, 5) is 67.2. The van der Waals surface area contributed by atoms with E-state index in [1.807, 2.05) is 0 Å². The highest BCUT2D eigenvalue weighted by Crippen LogP contribution is 1.90. The maximum Gasteiger partial charge on any atom is 0.323 e. The Morgan fingerprint density at radius 2 is 1.54 bits per heavy atom.